The van der Waals surface area contributed by atoms with Crippen LogP contribution in [0.25, 0.3) is 11.8 Å². The van der Waals surface area contributed by atoms with E-state index in [0.717, 1.165) is 26.4 Å². The van der Waals surface area contributed by atoms with Gasteiger partial charge in [0, 0.05) is 26.6 Å². The van der Waals surface area contributed by atoms with Gasteiger partial charge in [-0.05, 0) is 89.9 Å². The Morgan fingerprint density at radius 2 is 1.59 bits per heavy atom. The van der Waals surface area contributed by atoms with Gasteiger partial charge in [0.1, 0.15) is 5.57 Å². The molecule has 4 amide bonds. The minimum atomic E-state index is -0.811. The largest absolute Gasteiger partial charge is 0.335 e. The van der Waals surface area contributed by atoms with Crippen molar-refractivity contribution in [3.8, 4) is 5.69 Å². The predicted octanol–water partition coefficient (Wildman–Crippen LogP) is 5.83. The van der Waals surface area contributed by atoms with E-state index >= 15 is 0 Å². The number of barbiturate groups is 1. The van der Waals surface area contributed by atoms with Crippen LogP contribution in [0.4, 0.5) is 10.5 Å². The molecule has 1 N–H and O–H groups in total. The van der Waals surface area contributed by atoms with Gasteiger partial charge >= 0.3 is 6.03 Å². The van der Waals surface area contributed by atoms with Crippen molar-refractivity contribution in [2.24, 2.45) is 0 Å². The highest BCUT2D eigenvalue weighted by Crippen LogP contribution is 2.29. The second-order valence-corrected chi connectivity index (χ2v) is 8.89. The van der Waals surface area contributed by atoms with Gasteiger partial charge in [-0.2, -0.15) is 0 Å². The summed E-state index contributed by atoms with van der Waals surface area (Å²) in [4.78, 5) is 38.9. The zero-order valence-corrected chi connectivity index (χ0v) is 20.0. The number of carbonyl (C=O) groups is 3. The number of nitrogens with zero attached hydrogens (tertiary/aromatic N) is 2. The Morgan fingerprint density at radius 1 is 0.938 bits per heavy atom. The molecule has 1 fully saturated rings. The van der Waals surface area contributed by atoms with Gasteiger partial charge < -0.3 is 4.57 Å². The van der Waals surface area contributed by atoms with Gasteiger partial charge in [0.25, 0.3) is 11.8 Å². The third kappa shape index (κ3) is 3.99. The fourth-order valence-electron chi connectivity index (χ4n) is 3.59. The lowest BCUT2D eigenvalue weighted by Gasteiger charge is -2.26. The van der Waals surface area contributed by atoms with Crippen LogP contribution in [0, 0.1) is 13.8 Å². The molecular formula is C23H16BrCl2N3O3. The average molecular weight is 533 g/mol. The zero-order chi connectivity index (χ0) is 23.2. The SMILES string of the molecule is Cc1cc(/C=C2\C(=O)NC(=O)N(c3ccc(Cl)cc3)C2=O)c(C)n1-c1ccc(Br)c(Cl)c1. The molecule has 162 valence electrons. The number of halogens is 3. The number of imide groups is 2. The summed E-state index contributed by atoms with van der Waals surface area (Å²) in [6.07, 6.45) is 1.49. The number of amides is 4. The molecule has 2 aromatic carbocycles. The summed E-state index contributed by atoms with van der Waals surface area (Å²) in [6.45, 7) is 3.79. The molecule has 32 heavy (non-hydrogen) atoms. The fraction of sp³-hybridized carbons (Fsp3) is 0.0870. The first-order valence-corrected chi connectivity index (χ1v) is 11.0. The summed E-state index contributed by atoms with van der Waals surface area (Å²) in [5.41, 5.74) is 3.38. The first kappa shape index (κ1) is 22.3. The van der Waals surface area contributed by atoms with E-state index in [0.29, 0.717) is 21.3 Å². The Kier molecular flexibility index (Phi) is 5.99. The number of nitrogens with one attached hydrogen (secondary N) is 1. The number of aryl methyl sites for hydroxylation is 1. The van der Waals surface area contributed by atoms with E-state index in [1.807, 2.05) is 42.7 Å². The lowest BCUT2D eigenvalue weighted by atomic mass is 10.1. The summed E-state index contributed by atoms with van der Waals surface area (Å²) < 4.78 is 2.75. The topological polar surface area (TPSA) is 71.4 Å². The maximum absolute atomic E-state index is 13.1. The zero-order valence-electron chi connectivity index (χ0n) is 16.9. The Morgan fingerprint density at radius 3 is 2.25 bits per heavy atom. The molecule has 1 aromatic heterocycles. The Bertz CT molecular complexity index is 1310. The maximum Gasteiger partial charge on any atom is 0.335 e. The highest BCUT2D eigenvalue weighted by atomic mass is 79.9. The molecule has 0 saturated carbocycles. The van der Waals surface area contributed by atoms with Gasteiger partial charge in [-0.1, -0.05) is 23.2 Å². The van der Waals surface area contributed by atoms with E-state index < -0.39 is 17.8 Å². The summed E-state index contributed by atoms with van der Waals surface area (Å²) in [5, 5.41) is 3.25. The molecule has 0 unspecified atom stereocenters. The number of hydrogen-bond donors (Lipinski definition) is 1. The number of carbonyl (C=O) groups excluding carboxylic acids is 3. The molecular weight excluding hydrogens is 517 g/mol. The van der Waals surface area contributed by atoms with Crippen LogP contribution < -0.4 is 10.2 Å². The van der Waals surface area contributed by atoms with E-state index in [4.69, 9.17) is 23.2 Å². The number of benzene rings is 2. The number of aromatic nitrogens is 1. The summed E-state index contributed by atoms with van der Waals surface area (Å²) in [6, 6.07) is 12.8. The van der Waals surface area contributed by atoms with E-state index in [1.54, 1.807) is 12.1 Å². The van der Waals surface area contributed by atoms with E-state index in [-0.39, 0.29) is 5.57 Å². The van der Waals surface area contributed by atoms with Crippen molar-refractivity contribution in [3.63, 3.8) is 0 Å². The standard InChI is InChI=1S/C23H16BrCl2N3O3/c1-12-9-14(13(2)28(12)17-7-8-19(24)20(26)11-17)10-18-21(30)27-23(32)29(22(18)31)16-5-3-15(25)4-6-16/h3-11H,1-2H3,(H,27,30,32)/b18-10+. The molecule has 0 bridgehead atoms. The Hall–Kier alpha value is -2.87. The van der Waals surface area contributed by atoms with Crippen LogP contribution >= 0.6 is 39.1 Å². The smallest absolute Gasteiger partial charge is 0.318 e. The highest BCUT2D eigenvalue weighted by molar-refractivity contribution is 9.10. The number of urea groups is 1. The minimum absolute atomic E-state index is 0.145. The third-order valence-corrected chi connectivity index (χ3v) is 6.60. The number of anilines is 1. The minimum Gasteiger partial charge on any atom is -0.318 e. The first-order chi connectivity index (χ1) is 15.2. The monoisotopic (exact) mass is 531 g/mol. The molecule has 3 aromatic rings. The van der Waals surface area contributed by atoms with Gasteiger partial charge in [-0.25, -0.2) is 9.69 Å². The van der Waals surface area contributed by atoms with Gasteiger partial charge in [0.2, 0.25) is 0 Å². The van der Waals surface area contributed by atoms with Crippen molar-refractivity contribution in [1.82, 2.24) is 9.88 Å². The van der Waals surface area contributed by atoms with Crippen molar-refractivity contribution < 1.29 is 14.4 Å². The van der Waals surface area contributed by atoms with E-state index in [1.165, 1.54) is 18.2 Å². The second kappa shape index (κ2) is 8.58. The normalized spacial score (nSPS) is 15.5. The predicted molar refractivity (Wildman–Crippen MR) is 128 cm³/mol. The number of hydrogen-bond acceptors (Lipinski definition) is 3. The van der Waals surface area contributed by atoms with Crippen LogP contribution in [0.2, 0.25) is 10.0 Å². The highest BCUT2D eigenvalue weighted by Gasteiger charge is 2.37. The van der Waals surface area contributed by atoms with Crippen molar-refractivity contribution >= 4 is 68.7 Å². The lowest BCUT2D eigenvalue weighted by Crippen LogP contribution is -2.54. The van der Waals surface area contributed by atoms with Crippen molar-refractivity contribution in [2.75, 3.05) is 4.90 Å². The van der Waals surface area contributed by atoms with Crippen molar-refractivity contribution in [1.29, 1.82) is 0 Å². The van der Waals surface area contributed by atoms with Gasteiger partial charge in [-0.15, -0.1) is 0 Å². The van der Waals surface area contributed by atoms with Crippen molar-refractivity contribution in [2.45, 2.75) is 13.8 Å². The van der Waals surface area contributed by atoms with Gasteiger partial charge in [0.05, 0.1) is 10.7 Å². The van der Waals surface area contributed by atoms with Crippen LogP contribution in [0.1, 0.15) is 17.0 Å². The summed E-state index contributed by atoms with van der Waals surface area (Å²) in [5.74, 6) is -1.46. The lowest BCUT2D eigenvalue weighted by molar-refractivity contribution is -0.122. The van der Waals surface area contributed by atoms with Crippen LogP contribution in [0.15, 0.2) is 58.6 Å². The van der Waals surface area contributed by atoms with E-state index in [2.05, 4.69) is 21.2 Å². The van der Waals surface area contributed by atoms with Crippen LogP contribution in [0.3, 0.4) is 0 Å². The first-order valence-electron chi connectivity index (χ1n) is 9.49. The van der Waals surface area contributed by atoms with E-state index in [9.17, 15) is 14.4 Å². The Labute approximate surface area is 202 Å². The van der Waals surface area contributed by atoms with Gasteiger partial charge in [0.15, 0.2) is 0 Å². The molecule has 4 rings (SSSR count). The second-order valence-electron chi connectivity index (χ2n) is 7.19. The molecule has 2 heterocycles. The van der Waals surface area contributed by atoms with Gasteiger partial charge in [-0.3, -0.25) is 14.9 Å². The molecule has 0 atom stereocenters. The average Bonchev–Trinajstić information content (AvgIpc) is 3.01. The molecule has 9 heteroatoms. The fourth-order valence-corrected chi connectivity index (χ4v) is 4.14. The van der Waals surface area contributed by atoms with Crippen molar-refractivity contribution in [3.05, 3.63) is 85.6 Å². The molecule has 1 aliphatic rings. The molecule has 1 aliphatic heterocycles. The van der Waals surface area contributed by atoms with Crippen LogP contribution in [0.5, 0.6) is 0 Å². The Balaban J connectivity index is 1.76. The molecule has 0 radical (unpaired) electrons. The third-order valence-electron chi connectivity index (χ3n) is 5.12. The van der Waals surface area contributed by atoms with Crippen LogP contribution in [-0.4, -0.2) is 22.4 Å². The van der Waals surface area contributed by atoms with Crippen LogP contribution in [-0.2, 0) is 9.59 Å². The molecule has 6 nitrogen and oxygen atoms in total. The summed E-state index contributed by atoms with van der Waals surface area (Å²) >= 11 is 15.5. The summed E-state index contributed by atoms with van der Waals surface area (Å²) in [7, 11) is 0. The maximum atomic E-state index is 13.1. The quantitative estimate of drug-likeness (QED) is 0.341. The number of rotatable bonds is 3. The molecule has 1 saturated heterocycles. The molecule has 0 aliphatic carbocycles. The molecule has 0 spiro atoms.